The molecular formula is C22H25FN8O3. The van der Waals surface area contributed by atoms with Crippen molar-refractivity contribution in [3.63, 3.8) is 0 Å². The number of carbonyl (C=O) groups excluding carboxylic acids is 2. The van der Waals surface area contributed by atoms with Crippen LogP contribution in [-0.2, 0) is 6.54 Å². The van der Waals surface area contributed by atoms with Gasteiger partial charge >= 0.3 is 12.1 Å². The van der Waals surface area contributed by atoms with Gasteiger partial charge in [-0.15, -0.1) is 0 Å². The van der Waals surface area contributed by atoms with Crippen LogP contribution in [0.1, 0.15) is 37.9 Å². The van der Waals surface area contributed by atoms with E-state index in [0.29, 0.717) is 29.7 Å². The molecule has 3 N–H and O–H groups in total. The van der Waals surface area contributed by atoms with Crippen LogP contribution in [0.2, 0.25) is 0 Å². The van der Waals surface area contributed by atoms with E-state index in [-0.39, 0.29) is 30.1 Å². The van der Waals surface area contributed by atoms with Crippen molar-refractivity contribution in [1.29, 1.82) is 0 Å². The number of halogens is 1. The summed E-state index contributed by atoms with van der Waals surface area (Å²) in [6.07, 6.45) is 1.65. The van der Waals surface area contributed by atoms with Gasteiger partial charge in [-0.2, -0.15) is 4.98 Å². The number of carbonyl (C=O) groups is 2. The van der Waals surface area contributed by atoms with E-state index in [1.807, 2.05) is 20.8 Å². The van der Waals surface area contributed by atoms with Gasteiger partial charge in [0.25, 0.3) is 0 Å². The van der Waals surface area contributed by atoms with Gasteiger partial charge in [-0.05, 0) is 31.0 Å². The van der Waals surface area contributed by atoms with Gasteiger partial charge in [0.15, 0.2) is 0 Å². The highest BCUT2D eigenvalue weighted by Gasteiger charge is 2.32. The molecule has 3 heterocycles. The fourth-order valence-electron chi connectivity index (χ4n) is 3.49. The van der Waals surface area contributed by atoms with Crippen LogP contribution in [0.5, 0.6) is 0 Å². The van der Waals surface area contributed by atoms with Crippen LogP contribution in [0.4, 0.5) is 43.0 Å². The third kappa shape index (κ3) is 4.47. The highest BCUT2D eigenvalue weighted by Crippen LogP contribution is 2.32. The molecule has 0 spiro atoms. The minimum absolute atomic E-state index is 0.0953. The molecule has 1 aromatic carbocycles. The van der Waals surface area contributed by atoms with Gasteiger partial charge in [-0.25, -0.2) is 19.0 Å². The van der Waals surface area contributed by atoms with Crippen molar-refractivity contribution in [2.24, 2.45) is 0 Å². The molecule has 1 aliphatic heterocycles. The van der Waals surface area contributed by atoms with Gasteiger partial charge in [0.2, 0.25) is 11.8 Å². The van der Waals surface area contributed by atoms with Gasteiger partial charge in [-0.3, -0.25) is 15.1 Å². The number of urea groups is 2. The number of nitrogens with zero attached hydrogens (tertiary/aromatic N) is 5. The molecule has 0 unspecified atom stereocenters. The van der Waals surface area contributed by atoms with Crippen LogP contribution < -0.4 is 25.8 Å². The Hall–Kier alpha value is -4.22. The van der Waals surface area contributed by atoms with Crippen LogP contribution >= 0.6 is 0 Å². The van der Waals surface area contributed by atoms with Gasteiger partial charge in [0.1, 0.15) is 11.6 Å². The number of hydrogen-bond donors (Lipinski definition) is 3. The van der Waals surface area contributed by atoms with Crippen LogP contribution in [0.25, 0.3) is 0 Å². The maximum atomic E-state index is 14.5. The predicted octanol–water partition coefficient (Wildman–Crippen LogP) is 4.38. The highest BCUT2D eigenvalue weighted by atomic mass is 19.1. The molecule has 0 fully saturated rings. The number of hydrogen-bond acceptors (Lipinski definition) is 7. The average Bonchev–Trinajstić information content (AvgIpc) is 3.28. The minimum Gasteiger partial charge on any atom is -0.357 e. The molecule has 0 saturated carbocycles. The summed E-state index contributed by atoms with van der Waals surface area (Å²) in [5.41, 5.74) is 1.73. The molecule has 0 saturated heterocycles. The van der Waals surface area contributed by atoms with Gasteiger partial charge in [-0.1, -0.05) is 19.0 Å². The molecule has 2 aromatic heterocycles. The molecule has 0 bridgehead atoms. The third-order valence-electron chi connectivity index (χ3n) is 5.29. The smallest absolute Gasteiger partial charge is 0.330 e. The van der Waals surface area contributed by atoms with E-state index >= 15 is 0 Å². The molecule has 34 heavy (non-hydrogen) atoms. The SMILES string of the molecule is CCN1C(=O)N(c2ccc(F)c(NC(=O)Nc3cc(C(C)C)no3)c2)Cc2cnc(NC)nc21. The van der Waals surface area contributed by atoms with Gasteiger partial charge in [0.05, 0.1) is 17.9 Å². The predicted molar refractivity (Wildman–Crippen MR) is 126 cm³/mol. The topological polar surface area (TPSA) is 129 Å². The fraction of sp³-hybridized carbons (Fsp3) is 0.318. The van der Waals surface area contributed by atoms with Crippen molar-refractivity contribution in [1.82, 2.24) is 15.1 Å². The molecular weight excluding hydrogens is 443 g/mol. The van der Waals surface area contributed by atoms with Crippen molar-refractivity contribution in [2.75, 3.05) is 39.3 Å². The quantitative estimate of drug-likeness (QED) is 0.490. The first kappa shape index (κ1) is 23.0. The molecule has 4 rings (SSSR count). The fourth-order valence-corrected chi connectivity index (χ4v) is 3.49. The van der Waals surface area contributed by atoms with Crippen LogP contribution in [0.15, 0.2) is 35.0 Å². The van der Waals surface area contributed by atoms with Crippen molar-refractivity contribution in [2.45, 2.75) is 33.2 Å². The number of benzene rings is 1. The first-order valence-corrected chi connectivity index (χ1v) is 10.8. The second-order valence-electron chi connectivity index (χ2n) is 7.92. The molecule has 12 heteroatoms. The second-order valence-corrected chi connectivity index (χ2v) is 7.92. The Morgan fingerprint density at radius 3 is 2.74 bits per heavy atom. The zero-order valence-corrected chi connectivity index (χ0v) is 19.2. The van der Waals surface area contributed by atoms with Crippen LogP contribution in [0, 0.1) is 5.82 Å². The summed E-state index contributed by atoms with van der Waals surface area (Å²) in [6.45, 7) is 6.29. The number of fused-ring (bicyclic) bond motifs is 1. The summed E-state index contributed by atoms with van der Waals surface area (Å²) < 4.78 is 19.6. The number of amides is 4. The van der Waals surface area contributed by atoms with E-state index < -0.39 is 11.8 Å². The van der Waals surface area contributed by atoms with E-state index in [9.17, 15) is 14.0 Å². The molecule has 0 aliphatic carbocycles. The lowest BCUT2D eigenvalue weighted by molar-refractivity contribution is 0.250. The van der Waals surface area contributed by atoms with Crippen molar-refractivity contribution in [3.05, 3.63) is 47.5 Å². The van der Waals surface area contributed by atoms with Gasteiger partial charge in [0, 0.05) is 37.1 Å². The van der Waals surface area contributed by atoms with Gasteiger partial charge < -0.3 is 15.2 Å². The number of rotatable bonds is 6. The van der Waals surface area contributed by atoms with E-state index in [0.717, 1.165) is 5.56 Å². The zero-order valence-electron chi connectivity index (χ0n) is 19.2. The van der Waals surface area contributed by atoms with Crippen molar-refractivity contribution in [3.8, 4) is 0 Å². The number of nitrogens with one attached hydrogen (secondary N) is 3. The van der Waals surface area contributed by atoms with E-state index in [2.05, 4.69) is 31.1 Å². The lowest BCUT2D eigenvalue weighted by Gasteiger charge is -2.35. The standard InChI is InChI=1S/C22H25FN8O3/c1-5-30-19-13(10-25-20(24-4)28-19)11-31(22(30)33)14-6-7-15(23)17(8-14)26-21(32)27-18-9-16(12(2)3)29-34-18/h6-10,12H,5,11H2,1-4H3,(H,24,25,28)(H2,26,27,32). The average molecular weight is 468 g/mol. The lowest BCUT2D eigenvalue weighted by atomic mass is 10.1. The summed E-state index contributed by atoms with van der Waals surface area (Å²) in [6, 6.07) is 4.64. The molecule has 0 radical (unpaired) electrons. The Labute approximate surface area is 195 Å². The van der Waals surface area contributed by atoms with Crippen LogP contribution in [0.3, 0.4) is 0 Å². The maximum absolute atomic E-state index is 14.5. The Balaban J connectivity index is 1.56. The maximum Gasteiger partial charge on any atom is 0.330 e. The normalized spacial score (nSPS) is 13.2. The highest BCUT2D eigenvalue weighted by molar-refractivity contribution is 6.06. The Bertz CT molecular complexity index is 1230. The second kappa shape index (κ2) is 9.33. The lowest BCUT2D eigenvalue weighted by Crippen LogP contribution is -2.48. The molecule has 11 nitrogen and oxygen atoms in total. The first-order chi connectivity index (χ1) is 16.3. The molecule has 1 aliphatic rings. The minimum atomic E-state index is -0.707. The molecule has 0 atom stereocenters. The zero-order chi connectivity index (χ0) is 24.4. The number of aromatic nitrogens is 3. The van der Waals surface area contributed by atoms with Crippen molar-refractivity contribution >= 4 is 41.1 Å². The van der Waals surface area contributed by atoms with E-state index in [4.69, 9.17) is 4.52 Å². The van der Waals surface area contributed by atoms with E-state index in [1.165, 1.54) is 28.0 Å². The Morgan fingerprint density at radius 1 is 1.26 bits per heavy atom. The molecule has 178 valence electrons. The summed E-state index contributed by atoms with van der Waals surface area (Å²) >= 11 is 0. The van der Waals surface area contributed by atoms with E-state index in [1.54, 1.807) is 19.3 Å². The monoisotopic (exact) mass is 468 g/mol. The third-order valence-corrected chi connectivity index (χ3v) is 5.29. The summed E-state index contributed by atoms with van der Waals surface area (Å²) in [5, 5.41) is 11.7. The summed E-state index contributed by atoms with van der Waals surface area (Å²) in [7, 11) is 1.70. The van der Waals surface area contributed by atoms with Crippen LogP contribution in [-0.4, -0.2) is 40.8 Å². The Kier molecular flexibility index (Phi) is 6.30. The Morgan fingerprint density at radius 2 is 2.06 bits per heavy atom. The number of anilines is 5. The summed E-state index contributed by atoms with van der Waals surface area (Å²) in [4.78, 5) is 37.2. The largest absolute Gasteiger partial charge is 0.357 e. The first-order valence-electron chi connectivity index (χ1n) is 10.8. The molecule has 3 aromatic rings. The molecule has 4 amide bonds. The summed E-state index contributed by atoms with van der Waals surface area (Å²) in [5.74, 6) is 0.543. The van der Waals surface area contributed by atoms with Crippen molar-refractivity contribution < 1.29 is 18.5 Å².